The third kappa shape index (κ3) is 6.56. The van der Waals surface area contributed by atoms with E-state index in [-0.39, 0.29) is 31.4 Å². The number of amides is 1. The van der Waals surface area contributed by atoms with Crippen molar-refractivity contribution in [3.05, 3.63) is 58.7 Å². The topological polar surface area (TPSA) is 55.4 Å². The molecule has 0 heterocycles. The summed E-state index contributed by atoms with van der Waals surface area (Å²) >= 11 is 3.41. The molecule has 0 aromatic heterocycles. The number of hydrogen-bond donors (Lipinski definition) is 1. The molecule has 0 aliphatic rings. The lowest BCUT2D eigenvalue weighted by Crippen LogP contribution is -2.26. The quantitative estimate of drug-likeness (QED) is 0.354. The highest BCUT2D eigenvalue weighted by Crippen LogP contribution is 2.39. The van der Waals surface area contributed by atoms with E-state index in [1.54, 1.807) is 31.2 Å². The Balaban J connectivity index is 2.30. The van der Waals surface area contributed by atoms with Crippen molar-refractivity contribution >= 4 is 27.8 Å². The van der Waals surface area contributed by atoms with Gasteiger partial charge >= 0.3 is 12.1 Å². The molecule has 0 radical (unpaired) electrons. The second-order valence-corrected chi connectivity index (χ2v) is 7.83. The SMILES string of the molecule is CCOC(=O)CCNC(=O)c1ccc(-c2cc(C(F)(F)F)cc(C(C)C)c2CBr)cc1. The predicted octanol–water partition coefficient (Wildman–Crippen LogP) is 6.07. The number of benzene rings is 2. The smallest absolute Gasteiger partial charge is 0.416 e. The van der Waals surface area contributed by atoms with Gasteiger partial charge in [-0.25, -0.2) is 0 Å². The van der Waals surface area contributed by atoms with E-state index in [2.05, 4.69) is 21.2 Å². The van der Waals surface area contributed by atoms with Crippen molar-refractivity contribution in [1.82, 2.24) is 5.32 Å². The highest BCUT2D eigenvalue weighted by molar-refractivity contribution is 9.08. The monoisotopic (exact) mass is 499 g/mol. The molecule has 0 atom stereocenters. The van der Waals surface area contributed by atoms with Gasteiger partial charge in [0.2, 0.25) is 0 Å². The van der Waals surface area contributed by atoms with E-state index in [1.165, 1.54) is 6.07 Å². The molecule has 0 saturated heterocycles. The van der Waals surface area contributed by atoms with Crippen LogP contribution < -0.4 is 5.32 Å². The molecule has 0 aliphatic heterocycles. The highest BCUT2D eigenvalue weighted by Gasteiger charge is 2.32. The number of nitrogens with one attached hydrogen (secondary N) is 1. The van der Waals surface area contributed by atoms with E-state index >= 15 is 0 Å². The number of hydrogen-bond acceptors (Lipinski definition) is 3. The van der Waals surface area contributed by atoms with E-state index in [0.29, 0.717) is 27.6 Å². The third-order valence-corrected chi connectivity index (χ3v) is 5.31. The van der Waals surface area contributed by atoms with E-state index < -0.39 is 17.7 Å². The number of ether oxygens (including phenoxy) is 1. The van der Waals surface area contributed by atoms with Gasteiger partial charge in [-0.05, 0) is 59.4 Å². The van der Waals surface area contributed by atoms with Gasteiger partial charge < -0.3 is 10.1 Å². The summed E-state index contributed by atoms with van der Waals surface area (Å²) < 4.78 is 45.2. The molecular weight excluding hydrogens is 475 g/mol. The summed E-state index contributed by atoms with van der Waals surface area (Å²) in [7, 11) is 0. The Hall–Kier alpha value is -2.35. The first-order chi connectivity index (χ1) is 14.6. The van der Waals surface area contributed by atoms with Crippen LogP contribution in [-0.2, 0) is 21.0 Å². The third-order valence-electron chi connectivity index (χ3n) is 4.75. The van der Waals surface area contributed by atoms with Crippen molar-refractivity contribution in [3.63, 3.8) is 0 Å². The van der Waals surface area contributed by atoms with Crippen LogP contribution in [0.25, 0.3) is 11.1 Å². The van der Waals surface area contributed by atoms with Crippen molar-refractivity contribution in [1.29, 1.82) is 0 Å². The van der Waals surface area contributed by atoms with Crippen LogP contribution in [-0.4, -0.2) is 25.0 Å². The lowest BCUT2D eigenvalue weighted by molar-refractivity contribution is -0.143. The molecule has 168 valence electrons. The summed E-state index contributed by atoms with van der Waals surface area (Å²) in [5, 5.41) is 3.03. The van der Waals surface area contributed by atoms with Crippen molar-refractivity contribution in [2.24, 2.45) is 0 Å². The lowest BCUT2D eigenvalue weighted by atomic mass is 9.88. The molecule has 0 fully saturated rings. The van der Waals surface area contributed by atoms with Crippen LogP contribution in [0.1, 0.15) is 60.2 Å². The normalized spacial score (nSPS) is 11.5. The van der Waals surface area contributed by atoms with Gasteiger partial charge in [0.25, 0.3) is 5.91 Å². The average Bonchev–Trinajstić information content (AvgIpc) is 2.72. The first-order valence-corrected chi connectivity index (χ1v) is 11.0. The van der Waals surface area contributed by atoms with Gasteiger partial charge in [0.1, 0.15) is 0 Å². The van der Waals surface area contributed by atoms with Gasteiger partial charge in [-0.2, -0.15) is 13.2 Å². The number of halogens is 4. The van der Waals surface area contributed by atoms with Crippen LogP contribution >= 0.6 is 15.9 Å². The fourth-order valence-electron chi connectivity index (χ4n) is 3.19. The summed E-state index contributed by atoms with van der Waals surface area (Å²) in [6.45, 7) is 5.83. The number of esters is 1. The molecule has 1 amide bonds. The van der Waals surface area contributed by atoms with Crippen LogP contribution in [0.2, 0.25) is 0 Å². The number of carbonyl (C=O) groups is 2. The summed E-state index contributed by atoms with van der Waals surface area (Å²) in [6, 6.07) is 8.73. The number of alkyl halides is 4. The van der Waals surface area contributed by atoms with Crippen LogP contribution in [0.5, 0.6) is 0 Å². The molecule has 0 aliphatic carbocycles. The zero-order valence-electron chi connectivity index (χ0n) is 17.6. The Labute approximate surface area is 188 Å². The van der Waals surface area contributed by atoms with Gasteiger partial charge in [0.05, 0.1) is 18.6 Å². The Bertz CT molecular complexity index is 925. The number of rotatable bonds is 8. The molecule has 2 rings (SSSR count). The van der Waals surface area contributed by atoms with E-state index in [9.17, 15) is 22.8 Å². The molecule has 4 nitrogen and oxygen atoms in total. The van der Waals surface area contributed by atoms with Gasteiger partial charge in [-0.1, -0.05) is 41.9 Å². The Kier molecular flexibility index (Phi) is 8.68. The Morgan fingerprint density at radius 3 is 2.29 bits per heavy atom. The highest BCUT2D eigenvalue weighted by atomic mass is 79.9. The summed E-state index contributed by atoms with van der Waals surface area (Å²) in [5.41, 5.74) is 2.13. The predicted molar refractivity (Wildman–Crippen MR) is 117 cm³/mol. The summed E-state index contributed by atoms with van der Waals surface area (Å²) in [6.07, 6.45) is -4.39. The van der Waals surface area contributed by atoms with E-state index in [0.717, 1.165) is 11.6 Å². The molecular formula is C23H25BrF3NO3. The number of carbonyl (C=O) groups excluding carboxylic acids is 2. The van der Waals surface area contributed by atoms with E-state index in [4.69, 9.17) is 4.74 Å². The fraction of sp³-hybridized carbons (Fsp3) is 0.391. The standard InChI is InChI=1S/C23H25BrF3NO3/c1-4-31-21(29)9-10-28-22(30)16-7-5-15(6-8-16)19-12-17(23(25,26)27)11-18(14(2)3)20(19)13-24/h5-8,11-12,14H,4,9-10,13H2,1-3H3,(H,28,30). The van der Waals surface area contributed by atoms with Crippen LogP contribution in [0, 0.1) is 0 Å². The minimum atomic E-state index is -4.46. The van der Waals surface area contributed by atoms with Crippen molar-refractivity contribution in [3.8, 4) is 11.1 Å². The molecule has 0 spiro atoms. The maximum absolute atomic E-state index is 13.5. The van der Waals surface area contributed by atoms with Crippen molar-refractivity contribution in [2.75, 3.05) is 13.2 Å². The zero-order chi connectivity index (χ0) is 23.2. The second-order valence-electron chi connectivity index (χ2n) is 7.27. The van der Waals surface area contributed by atoms with Crippen LogP contribution in [0.4, 0.5) is 13.2 Å². The summed E-state index contributed by atoms with van der Waals surface area (Å²) in [4.78, 5) is 23.6. The van der Waals surface area contributed by atoms with Gasteiger partial charge in [0.15, 0.2) is 0 Å². The first-order valence-electron chi connectivity index (χ1n) is 9.92. The van der Waals surface area contributed by atoms with Crippen molar-refractivity contribution in [2.45, 2.75) is 44.6 Å². The summed E-state index contributed by atoms with van der Waals surface area (Å²) in [5.74, 6) is -0.854. The molecule has 0 unspecified atom stereocenters. The minimum Gasteiger partial charge on any atom is -0.466 e. The van der Waals surface area contributed by atoms with Crippen LogP contribution in [0.15, 0.2) is 36.4 Å². The largest absolute Gasteiger partial charge is 0.466 e. The maximum atomic E-state index is 13.5. The molecule has 0 bridgehead atoms. The van der Waals surface area contributed by atoms with Gasteiger partial charge in [-0.3, -0.25) is 9.59 Å². The molecule has 1 N–H and O–H groups in total. The Morgan fingerprint density at radius 2 is 1.77 bits per heavy atom. The minimum absolute atomic E-state index is 0.0640. The fourth-order valence-corrected chi connectivity index (χ4v) is 3.82. The van der Waals surface area contributed by atoms with Crippen molar-refractivity contribution < 1.29 is 27.5 Å². The molecule has 31 heavy (non-hydrogen) atoms. The maximum Gasteiger partial charge on any atom is 0.416 e. The Morgan fingerprint density at radius 1 is 1.13 bits per heavy atom. The first kappa shape index (κ1) is 24.9. The van der Waals surface area contributed by atoms with Gasteiger partial charge in [-0.15, -0.1) is 0 Å². The molecule has 2 aromatic rings. The molecule has 2 aromatic carbocycles. The average molecular weight is 500 g/mol. The second kappa shape index (κ2) is 10.8. The lowest BCUT2D eigenvalue weighted by Gasteiger charge is -2.20. The van der Waals surface area contributed by atoms with Gasteiger partial charge in [0, 0.05) is 17.4 Å². The van der Waals surface area contributed by atoms with E-state index in [1.807, 2.05) is 13.8 Å². The molecule has 0 saturated carbocycles. The van der Waals surface area contributed by atoms with Crippen LogP contribution in [0.3, 0.4) is 0 Å². The molecule has 8 heteroatoms. The zero-order valence-corrected chi connectivity index (χ0v) is 19.2.